The van der Waals surface area contributed by atoms with Crippen molar-refractivity contribution in [1.82, 2.24) is 14.5 Å². The normalized spacial score (nSPS) is 11.0. The summed E-state index contributed by atoms with van der Waals surface area (Å²) < 4.78 is 2.94. The second-order valence-electron chi connectivity index (χ2n) is 4.18. The van der Waals surface area contributed by atoms with Crippen molar-refractivity contribution in [2.75, 3.05) is 0 Å². The number of rotatable bonds is 5. The van der Waals surface area contributed by atoms with Crippen molar-refractivity contribution in [2.24, 2.45) is 5.73 Å². The lowest BCUT2D eigenvalue weighted by atomic mass is 10.2. The molecule has 2 rings (SSSR count). The van der Waals surface area contributed by atoms with Crippen LogP contribution in [0.15, 0.2) is 16.7 Å². The second kappa shape index (κ2) is 5.75. The van der Waals surface area contributed by atoms with Gasteiger partial charge in [-0.15, -0.1) is 0 Å². The Balaban J connectivity index is 2.49. The third-order valence-corrected chi connectivity index (χ3v) is 3.26. The summed E-state index contributed by atoms with van der Waals surface area (Å²) in [4.78, 5) is 9.48. The topological polar surface area (TPSA) is 56.7 Å². The molecule has 6 heteroatoms. The molecule has 0 amide bonds. The molecule has 2 aromatic rings. The number of unbranched alkanes of at least 4 members (excludes halogenated alkanes) is 1. The Morgan fingerprint density at radius 1 is 1.56 bits per heavy atom. The van der Waals surface area contributed by atoms with Crippen LogP contribution in [0.1, 0.15) is 25.6 Å². The van der Waals surface area contributed by atoms with Crippen LogP contribution in [0.4, 0.5) is 0 Å². The van der Waals surface area contributed by atoms with Crippen LogP contribution < -0.4 is 5.73 Å². The van der Waals surface area contributed by atoms with Crippen LogP contribution in [0.2, 0.25) is 0 Å². The lowest BCUT2D eigenvalue weighted by Crippen LogP contribution is -2.18. The fourth-order valence-corrected chi connectivity index (χ4v) is 2.33. The lowest BCUT2D eigenvalue weighted by Gasteiger charge is -2.06. The van der Waals surface area contributed by atoms with Crippen LogP contribution in [-0.4, -0.2) is 19.5 Å². The lowest BCUT2D eigenvalue weighted by molar-refractivity contribution is 0.704. The Morgan fingerprint density at radius 2 is 2.33 bits per heavy atom. The third kappa shape index (κ3) is 2.87. The number of nitrogens with two attached hydrogens (primary N) is 1. The molecule has 96 valence electrons. The number of aromatic nitrogens is 3. The van der Waals surface area contributed by atoms with Gasteiger partial charge >= 0.3 is 0 Å². The molecule has 0 unspecified atom stereocenters. The highest BCUT2D eigenvalue weighted by Gasteiger charge is 2.12. The van der Waals surface area contributed by atoms with E-state index in [0.717, 1.165) is 40.7 Å². The van der Waals surface area contributed by atoms with E-state index in [-0.39, 0.29) is 0 Å². The number of halogens is 1. The first kappa shape index (κ1) is 13.4. The largest absolute Gasteiger partial charge is 0.392 e. The number of hydrogen-bond acceptors (Lipinski definition) is 3. The summed E-state index contributed by atoms with van der Waals surface area (Å²) in [7, 11) is 0. The second-order valence-corrected chi connectivity index (χ2v) is 5.62. The number of fused-ring (bicyclic) bond motifs is 1. The molecular weight excluding hydrogens is 312 g/mol. The Bertz CT molecular complexity index is 579. The highest BCUT2D eigenvalue weighted by molar-refractivity contribution is 9.10. The molecule has 0 spiro atoms. The first-order valence-corrected chi connectivity index (χ1v) is 7.11. The highest BCUT2D eigenvalue weighted by Crippen LogP contribution is 2.19. The van der Waals surface area contributed by atoms with Crippen LogP contribution in [0.5, 0.6) is 0 Å². The van der Waals surface area contributed by atoms with E-state index in [9.17, 15) is 0 Å². The maximum Gasteiger partial charge on any atom is 0.160 e. The van der Waals surface area contributed by atoms with Gasteiger partial charge in [0.25, 0.3) is 0 Å². The molecule has 0 radical (unpaired) electrons. The van der Waals surface area contributed by atoms with Gasteiger partial charge in [-0.05, 0) is 28.4 Å². The molecule has 0 atom stereocenters. The molecule has 2 N–H and O–H groups in total. The molecule has 4 nitrogen and oxygen atoms in total. The zero-order valence-corrected chi connectivity index (χ0v) is 12.6. The smallest absolute Gasteiger partial charge is 0.160 e. The maximum absolute atomic E-state index is 5.65. The first-order chi connectivity index (χ1) is 8.61. The number of thiocarbonyl (C=S) groups is 1. The van der Waals surface area contributed by atoms with Crippen molar-refractivity contribution in [3.8, 4) is 0 Å². The molecule has 2 heterocycles. The van der Waals surface area contributed by atoms with Gasteiger partial charge in [0.05, 0.1) is 11.5 Å². The molecule has 18 heavy (non-hydrogen) atoms. The number of hydrogen-bond donors (Lipinski definition) is 1. The van der Waals surface area contributed by atoms with E-state index >= 15 is 0 Å². The van der Waals surface area contributed by atoms with Crippen molar-refractivity contribution >= 4 is 44.3 Å². The van der Waals surface area contributed by atoms with Crippen molar-refractivity contribution in [1.29, 1.82) is 0 Å². The summed E-state index contributed by atoms with van der Waals surface area (Å²) in [6.07, 6.45) is 4.92. The van der Waals surface area contributed by atoms with E-state index in [4.69, 9.17) is 18.0 Å². The molecule has 2 aromatic heterocycles. The van der Waals surface area contributed by atoms with Crippen molar-refractivity contribution in [3.05, 3.63) is 22.6 Å². The standard InChI is InChI=1S/C12H15BrN4S/c1-2-3-4-11-16-9-5-8(13)6-15-12(9)17(11)7-10(14)18/h5-6H,2-4,7H2,1H3,(H2,14,18). The summed E-state index contributed by atoms with van der Waals surface area (Å²) in [6.45, 7) is 2.66. The van der Waals surface area contributed by atoms with E-state index in [1.54, 1.807) is 6.20 Å². The third-order valence-electron chi connectivity index (χ3n) is 2.70. The molecule has 0 aromatic carbocycles. The Labute approximate surface area is 120 Å². The van der Waals surface area contributed by atoms with Gasteiger partial charge in [0.2, 0.25) is 0 Å². The number of aryl methyl sites for hydroxylation is 1. The van der Waals surface area contributed by atoms with Crippen LogP contribution in [-0.2, 0) is 13.0 Å². The predicted octanol–water partition coefficient (Wildman–Crippen LogP) is 2.82. The number of imidazole rings is 1. The minimum atomic E-state index is 0.455. The Hall–Kier alpha value is -1.01. The minimum absolute atomic E-state index is 0.455. The Morgan fingerprint density at radius 3 is 3.00 bits per heavy atom. The highest BCUT2D eigenvalue weighted by atomic mass is 79.9. The monoisotopic (exact) mass is 326 g/mol. The van der Waals surface area contributed by atoms with Gasteiger partial charge in [0.1, 0.15) is 11.3 Å². The Kier molecular flexibility index (Phi) is 4.29. The minimum Gasteiger partial charge on any atom is -0.392 e. The molecule has 0 aliphatic heterocycles. The summed E-state index contributed by atoms with van der Waals surface area (Å²) >= 11 is 8.40. The summed E-state index contributed by atoms with van der Waals surface area (Å²) in [5, 5.41) is 0. The SMILES string of the molecule is CCCCc1nc2cc(Br)cnc2n1CC(N)=S. The van der Waals surface area contributed by atoms with Crippen molar-refractivity contribution < 1.29 is 0 Å². The van der Waals surface area contributed by atoms with Crippen molar-refractivity contribution in [2.45, 2.75) is 32.7 Å². The molecule has 0 fully saturated rings. The number of pyridine rings is 1. The van der Waals surface area contributed by atoms with Gasteiger partial charge < -0.3 is 10.3 Å². The van der Waals surface area contributed by atoms with E-state index in [1.807, 2.05) is 10.6 Å². The molecular formula is C12H15BrN4S. The van der Waals surface area contributed by atoms with Crippen molar-refractivity contribution in [3.63, 3.8) is 0 Å². The van der Waals surface area contributed by atoms with Crippen LogP contribution in [0, 0.1) is 0 Å². The summed E-state index contributed by atoms with van der Waals surface area (Å²) in [6, 6.07) is 1.97. The predicted molar refractivity (Wildman–Crippen MR) is 80.6 cm³/mol. The molecule has 0 bridgehead atoms. The van der Waals surface area contributed by atoms with Gasteiger partial charge in [-0.2, -0.15) is 0 Å². The van der Waals surface area contributed by atoms with Crippen LogP contribution >= 0.6 is 28.1 Å². The van der Waals surface area contributed by atoms with Crippen LogP contribution in [0.25, 0.3) is 11.2 Å². The number of nitrogens with zero attached hydrogens (tertiary/aromatic N) is 3. The summed E-state index contributed by atoms with van der Waals surface area (Å²) in [5.74, 6) is 1.00. The zero-order chi connectivity index (χ0) is 13.1. The quantitative estimate of drug-likeness (QED) is 0.858. The fourth-order valence-electron chi connectivity index (χ4n) is 1.88. The fraction of sp³-hybridized carbons (Fsp3) is 0.417. The molecule has 0 aliphatic carbocycles. The van der Waals surface area contributed by atoms with E-state index in [2.05, 4.69) is 32.8 Å². The zero-order valence-electron chi connectivity index (χ0n) is 10.2. The van der Waals surface area contributed by atoms with Gasteiger partial charge in [-0.1, -0.05) is 25.6 Å². The van der Waals surface area contributed by atoms with Gasteiger partial charge in [-0.25, -0.2) is 9.97 Å². The molecule has 0 saturated carbocycles. The van der Waals surface area contributed by atoms with Gasteiger partial charge in [0, 0.05) is 17.1 Å². The van der Waals surface area contributed by atoms with Gasteiger partial charge in [-0.3, -0.25) is 0 Å². The van der Waals surface area contributed by atoms with E-state index in [0.29, 0.717) is 11.5 Å². The molecule has 0 aliphatic rings. The van der Waals surface area contributed by atoms with E-state index < -0.39 is 0 Å². The first-order valence-electron chi connectivity index (χ1n) is 5.90. The maximum atomic E-state index is 5.65. The average molecular weight is 327 g/mol. The molecule has 0 saturated heterocycles. The average Bonchev–Trinajstić information content (AvgIpc) is 2.63. The summed E-state index contributed by atoms with van der Waals surface area (Å²) in [5.41, 5.74) is 7.37. The van der Waals surface area contributed by atoms with E-state index in [1.165, 1.54) is 0 Å². The van der Waals surface area contributed by atoms with Gasteiger partial charge in [0.15, 0.2) is 5.65 Å². The van der Waals surface area contributed by atoms with Crippen LogP contribution in [0.3, 0.4) is 0 Å².